The summed E-state index contributed by atoms with van der Waals surface area (Å²) in [6.45, 7) is 8.58. The van der Waals surface area contributed by atoms with Gasteiger partial charge in [0.25, 0.3) is 11.8 Å². The minimum absolute atomic E-state index is 0.0317. The Kier molecular flexibility index (Phi) is 6.12. The van der Waals surface area contributed by atoms with Gasteiger partial charge in [-0.2, -0.15) is 0 Å². The van der Waals surface area contributed by atoms with E-state index >= 15 is 0 Å². The maximum absolute atomic E-state index is 12.5. The molecule has 1 fully saturated rings. The van der Waals surface area contributed by atoms with Crippen LogP contribution in [0.3, 0.4) is 0 Å². The third-order valence-corrected chi connectivity index (χ3v) is 5.39. The van der Waals surface area contributed by atoms with Crippen LogP contribution in [0.4, 0.5) is 0 Å². The van der Waals surface area contributed by atoms with Crippen molar-refractivity contribution in [1.82, 2.24) is 15.2 Å². The molecule has 3 rings (SSSR count). The van der Waals surface area contributed by atoms with E-state index in [9.17, 15) is 9.59 Å². The Labute approximate surface area is 167 Å². The average Bonchev–Trinajstić information content (AvgIpc) is 2.72. The maximum atomic E-state index is 12.5. The Balaban J connectivity index is 1.46. The zero-order chi connectivity index (χ0) is 20.1. The highest BCUT2D eigenvalue weighted by Crippen LogP contribution is 2.22. The molecule has 0 atom stereocenters. The van der Waals surface area contributed by atoms with Crippen molar-refractivity contribution >= 4 is 11.8 Å². The predicted molar refractivity (Wildman–Crippen MR) is 110 cm³/mol. The molecule has 1 aromatic carbocycles. The van der Waals surface area contributed by atoms with Crippen molar-refractivity contribution in [2.75, 3.05) is 19.6 Å². The second-order valence-electron chi connectivity index (χ2n) is 8.51. The molecule has 0 unspecified atom stereocenters. The molecule has 0 aliphatic carbocycles. The normalized spacial score (nSPS) is 15.3. The first kappa shape index (κ1) is 20.1. The number of piperidine rings is 1. The summed E-state index contributed by atoms with van der Waals surface area (Å²) >= 11 is 0. The molecule has 2 amide bonds. The second kappa shape index (κ2) is 8.55. The van der Waals surface area contributed by atoms with Crippen molar-refractivity contribution in [3.63, 3.8) is 0 Å². The highest BCUT2D eigenvalue weighted by atomic mass is 16.2. The molecule has 1 N–H and O–H groups in total. The van der Waals surface area contributed by atoms with E-state index in [4.69, 9.17) is 0 Å². The SMILES string of the molecule is CC(C)(C)c1ccc(C(=O)NCC2CCN(C(=O)c3ccncc3)CC2)cc1. The van der Waals surface area contributed by atoms with Gasteiger partial charge in [0.2, 0.25) is 0 Å². The number of carbonyl (C=O) groups excluding carboxylic acids is 2. The molecule has 28 heavy (non-hydrogen) atoms. The van der Waals surface area contributed by atoms with Crippen LogP contribution in [0, 0.1) is 5.92 Å². The molecule has 5 nitrogen and oxygen atoms in total. The number of hydrogen-bond donors (Lipinski definition) is 1. The summed E-state index contributed by atoms with van der Waals surface area (Å²) in [5, 5.41) is 3.05. The lowest BCUT2D eigenvalue weighted by molar-refractivity contribution is 0.0684. The number of amides is 2. The van der Waals surface area contributed by atoms with Crippen LogP contribution >= 0.6 is 0 Å². The number of rotatable bonds is 4. The zero-order valence-electron chi connectivity index (χ0n) is 16.9. The highest BCUT2D eigenvalue weighted by Gasteiger charge is 2.24. The molecule has 0 spiro atoms. The third-order valence-electron chi connectivity index (χ3n) is 5.39. The number of carbonyl (C=O) groups is 2. The lowest BCUT2D eigenvalue weighted by Gasteiger charge is -2.32. The molecular formula is C23H29N3O2. The van der Waals surface area contributed by atoms with Gasteiger partial charge in [-0.1, -0.05) is 32.9 Å². The molecule has 0 bridgehead atoms. The number of nitrogens with zero attached hydrogens (tertiary/aromatic N) is 2. The third kappa shape index (κ3) is 4.97. The summed E-state index contributed by atoms with van der Waals surface area (Å²) in [6, 6.07) is 11.3. The van der Waals surface area contributed by atoms with Crippen molar-refractivity contribution in [2.45, 2.75) is 39.0 Å². The molecule has 0 saturated carbocycles. The van der Waals surface area contributed by atoms with Gasteiger partial charge in [-0.25, -0.2) is 0 Å². The molecule has 1 saturated heterocycles. The van der Waals surface area contributed by atoms with Crippen molar-refractivity contribution in [3.8, 4) is 0 Å². The largest absolute Gasteiger partial charge is 0.352 e. The fourth-order valence-electron chi connectivity index (χ4n) is 3.48. The van der Waals surface area contributed by atoms with Gasteiger partial charge in [0, 0.05) is 43.2 Å². The van der Waals surface area contributed by atoms with Gasteiger partial charge in [-0.3, -0.25) is 14.6 Å². The summed E-state index contributed by atoms with van der Waals surface area (Å²) in [6.07, 6.45) is 5.09. The van der Waals surface area contributed by atoms with E-state index in [2.05, 4.69) is 31.1 Å². The standard InChI is InChI=1S/C23H29N3O2/c1-23(2,3)20-6-4-18(5-7-20)21(27)25-16-17-10-14-26(15-11-17)22(28)19-8-12-24-13-9-19/h4-9,12-13,17H,10-11,14-16H2,1-3H3,(H,25,27). The van der Waals surface area contributed by atoms with Crippen molar-refractivity contribution < 1.29 is 9.59 Å². The monoisotopic (exact) mass is 379 g/mol. The van der Waals surface area contributed by atoms with E-state index in [0.717, 1.165) is 25.9 Å². The molecule has 2 aromatic rings. The first-order chi connectivity index (χ1) is 13.3. The topological polar surface area (TPSA) is 62.3 Å². The van der Waals surface area contributed by atoms with Gasteiger partial charge >= 0.3 is 0 Å². The summed E-state index contributed by atoms with van der Waals surface area (Å²) < 4.78 is 0. The molecule has 0 radical (unpaired) electrons. The van der Waals surface area contributed by atoms with Gasteiger partial charge in [-0.15, -0.1) is 0 Å². The molecule has 148 valence electrons. The van der Waals surface area contributed by atoms with Crippen LogP contribution in [-0.4, -0.2) is 41.3 Å². The van der Waals surface area contributed by atoms with Crippen LogP contribution in [0.2, 0.25) is 0 Å². The fourth-order valence-corrected chi connectivity index (χ4v) is 3.48. The van der Waals surface area contributed by atoms with Gasteiger partial charge in [0.1, 0.15) is 0 Å². The van der Waals surface area contributed by atoms with E-state index in [1.807, 2.05) is 29.2 Å². The van der Waals surface area contributed by atoms with Crippen LogP contribution in [0.1, 0.15) is 59.9 Å². The van der Waals surface area contributed by atoms with Gasteiger partial charge in [-0.05, 0) is 54.0 Å². The maximum Gasteiger partial charge on any atom is 0.253 e. The van der Waals surface area contributed by atoms with Crippen LogP contribution in [-0.2, 0) is 5.41 Å². The zero-order valence-corrected chi connectivity index (χ0v) is 16.9. The van der Waals surface area contributed by atoms with E-state index in [1.54, 1.807) is 24.5 Å². The number of benzene rings is 1. The first-order valence-corrected chi connectivity index (χ1v) is 9.92. The van der Waals surface area contributed by atoms with E-state index in [1.165, 1.54) is 5.56 Å². The average molecular weight is 380 g/mol. The number of pyridine rings is 1. The van der Waals surface area contributed by atoms with E-state index < -0.39 is 0 Å². The predicted octanol–water partition coefficient (Wildman–Crippen LogP) is 3.66. The Bertz CT molecular complexity index is 802. The van der Waals surface area contributed by atoms with E-state index in [-0.39, 0.29) is 17.2 Å². The first-order valence-electron chi connectivity index (χ1n) is 9.92. The number of hydrogen-bond acceptors (Lipinski definition) is 3. The van der Waals surface area contributed by atoms with Crippen LogP contribution in [0.15, 0.2) is 48.8 Å². The van der Waals surface area contributed by atoms with Gasteiger partial charge < -0.3 is 10.2 Å². The summed E-state index contributed by atoms with van der Waals surface area (Å²) in [7, 11) is 0. The summed E-state index contributed by atoms with van der Waals surface area (Å²) in [5.41, 5.74) is 2.67. The van der Waals surface area contributed by atoms with Crippen LogP contribution < -0.4 is 5.32 Å². The number of likely N-dealkylation sites (tertiary alicyclic amines) is 1. The summed E-state index contributed by atoms with van der Waals surface area (Å²) in [4.78, 5) is 30.8. The molecule has 1 aliphatic rings. The Morgan fingerprint density at radius 1 is 1.00 bits per heavy atom. The minimum Gasteiger partial charge on any atom is -0.352 e. The quantitative estimate of drug-likeness (QED) is 0.882. The lowest BCUT2D eigenvalue weighted by atomic mass is 9.86. The van der Waals surface area contributed by atoms with Crippen molar-refractivity contribution in [1.29, 1.82) is 0 Å². The number of nitrogens with one attached hydrogen (secondary N) is 1. The second-order valence-corrected chi connectivity index (χ2v) is 8.51. The summed E-state index contributed by atoms with van der Waals surface area (Å²) in [5.74, 6) is 0.430. The van der Waals surface area contributed by atoms with Gasteiger partial charge in [0.05, 0.1) is 0 Å². The smallest absolute Gasteiger partial charge is 0.253 e. The molecular weight excluding hydrogens is 350 g/mol. The molecule has 5 heteroatoms. The number of aromatic nitrogens is 1. The fraction of sp³-hybridized carbons (Fsp3) is 0.435. The molecule has 1 aromatic heterocycles. The Morgan fingerprint density at radius 2 is 1.61 bits per heavy atom. The Hall–Kier alpha value is -2.69. The van der Waals surface area contributed by atoms with Gasteiger partial charge in [0.15, 0.2) is 0 Å². The molecule has 1 aliphatic heterocycles. The van der Waals surface area contributed by atoms with Crippen molar-refractivity contribution in [2.24, 2.45) is 5.92 Å². The highest BCUT2D eigenvalue weighted by molar-refractivity contribution is 5.94. The minimum atomic E-state index is -0.0317. The van der Waals surface area contributed by atoms with Crippen LogP contribution in [0.5, 0.6) is 0 Å². The van der Waals surface area contributed by atoms with E-state index in [0.29, 0.717) is 23.6 Å². The Morgan fingerprint density at radius 3 is 2.18 bits per heavy atom. The molecule has 2 heterocycles. The van der Waals surface area contributed by atoms with Crippen LogP contribution in [0.25, 0.3) is 0 Å². The lowest BCUT2D eigenvalue weighted by Crippen LogP contribution is -2.41. The van der Waals surface area contributed by atoms with Crippen molar-refractivity contribution in [3.05, 3.63) is 65.5 Å².